The van der Waals surface area contributed by atoms with Crippen LogP contribution in [0.25, 0.3) is 0 Å². The van der Waals surface area contributed by atoms with Crippen LogP contribution in [-0.4, -0.2) is 36.1 Å². The third kappa shape index (κ3) is 22.7. The van der Waals surface area contributed by atoms with Crippen molar-refractivity contribution in [1.82, 2.24) is 4.90 Å². The van der Waals surface area contributed by atoms with Gasteiger partial charge in [-0.2, -0.15) is 0 Å². The van der Waals surface area contributed by atoms with Crippen LogP contribution in [0.2, 0.25) is 0 Å². The van der Waals surface area contributed by atoms with E-state index >= 15 is 0 Å². The van der Waals surface area contributed by atoms with Gasteiger partial charge in [0, 0.05) is 6.92 Å². The first kappa shape index (κ1) is 14.0. The van der Waals surface area contributed by atoms with Crippen LogP contribution >= 0.6 is 0 Å². The fourth-order valence-corrected chi connectivity index (χ4v) is 0.875. The quantitative estimate of drug-likeness (QED) is 0.708. The van der Waals surface area contributed by atoms with Gasteiger partial charge in [-0.1, -0.05) is 13.8 Å². The minimum absolute atomic E-state index is 0.833. The smallest absolute Gasteiger partial charge is 0.300 e. The van der Waals surface area contributed by atoms with Gasteiger partial charge in [0.2, 0.25) is 0 Å². The standard InChI is InChI=1S/C7H17N.C2H4O2/c1-4-6-8(3)7-5-2;1-2(3)4/h4-7H2,1-3H3;1H3,(H,3,4). The molecule has 0 aromatic carbocycles. The summed E-state index contributed by atoms with van der Waals surface area (Å²) in [6, 6.07) is 0. The van der Waals surface area contributed by atoms with Gasteiger partial charge in [-0.25, -0.2) is 0 Å². The molecule has 74 valence electrons. The molecular formula is C9H21NO2. The van der Waals surface area contributed by atoms with Crippen molar-refractivity contribution < 1.29 is 9.90 Å². The van der Waals surface area contributed by atoms with Gasteiger partial charge in [0.1, 0.15) is 0 Å². The van der Waals surface area contributed by atoms with Crippen molar-refractivity contribution in [3.05, 3.63) is 0 Å². The highest BCUT2D eigenvalue weighted by Gasteiger charge is 1.90. The Kier molecular flexibility index (Phi) is 12.2. The van der Waals surface area contributed by atoms with E-state index in [1.165, 1.54) is 25.9 Å². The summed E-state index contributed by atoms with van der Waals surface area (Å²) in [6.07, 6.45) is 2.55. The minimum Gasteiger partial charge on any atom is -0.481 e. The van der Waals surface area contributed by atoms with Crippen LogP contribution in [0, 0.1) is 0 Å². The van der Waals surface area contributed by atoms with Gasteiger partial charge in [0.25, 0.3) is 5.97 Å². The molecule has 0 aliphatic carbocycles. The normalized spacial score (nSPS) is 9.08. The Hall–Kier alpha value is -0.570. The third-order valence-electron chi connectivity index (χ3n) is 1.21. The molecule has 0 radical (unpaired) electrons. The highest BCUT2D eigenvalue weighted by Crippen LogP contribution is 1.86. The largest absolute Gasteiger partial charge is 0.481 e. The molecule has 0 aromatic rings. The number of carboxylic acid groups (broad SMARTS) is 1. The van der Waals surface area contributed by atoms with Crippen LogP contribution < -0.4 is 0 Å². The second-order valence-corrected chi connectivity index (χ2v) is 2.82. The lowest BCUT2D eigenvalue weighted by Crippen LogP contribution is -2.19. The Morgan fingerprint density at radius 2 is 1.50 bits per heavy atom. The molecule has 0 saturated heterocycles. The topological polar surface area (TPSA) is 40.5 Å². The van der Waals surface area contributed by atoms with Crippen LogP contribution in [0.3, 0.4) is 0 Å². The highest BCUT2D eigenvalue weighted by molar-refractivity contribution is 5.62. The predicted octanol–water partition coefficient (Wildman–Crippen LogP) is 1.83. The van der Waals surface area contributed by atoms with Gasteiger partial charge in [-0.05, 0) is 33.0 Å². The fourth-order valence-electron chi connectivity index (χ4n) is 0.875. The monoisotopic (exact) mass is 175 g/mol. The molecule has 12 heavy (non-hydrogen) atoms. The van der Waals surface area contributed by atoms with Gasteiger partial charge in [0.05, 0.1) is 0 Å². The maximum absolute atomic E-state index is 9.00. The van der Waals surface area contributed by atoms with E-state index in [-0.39, 0.29) is 0 Å². The zero-order chi connectivity index (χ0) is 9.98. The van der Waals surface area contributed by atoms with E-state index in [1.807, 2.05) is 0 Å². The predicted molar refractivity (Wildman–Crippen MR) is 51.4 cm³/mol. The number of nitrogens with zero attached hydrogens (tertiary/aromatic N) is 1. The Morgan fingerprint density at radius 3 is 1.67 bits per heavy atom. The van der Waals surface area contributed by atoms with E-state index in [9.17, 15) is 0 Å². The molecule has 0 amide bonds. The Bertz CT molecular complexity index is 94.7. The first-order valence-electron chi connectivity index (χ1n) is 4.42. The molecule has 0 saturated carbocycles. The molecule has 0 rings (SSSR count). The number of hydrogen-bond acceptors (Lipinski definition) is 2. The first-order chi connectivity index (χ1) is 5.54. The Morgan fingerprint density at radius 1 is 1.25 bits per heavy atom. The molecule has 3 nitrogen and oxygen atoms in total. The zero-order valence-electron chi connectivity index (χ0n) is 8.63. The summed E-state index contributed by atoms with van der Waals surface area (Å²) in [7, 11) is 2.17. The van der Waals surface area contributed by atoms with Crippen LogP contribution in [0.1, 0.15) is 33.6 Å². The number of carbonyl (C=O) groups is 1. The average Bonchev–Trinajstić information content (AvgIpc) is 1.87. The highest BCUT2D eigenvalue weighted by atomic mass is 16.4. The molecule has 0 unspecified atom stereocenters. The number of hydrogen-bond donors (Lipinski definition) is 1. The maximum atomic E-state index is 9.00. The van der Waals surface area contributed by atoms with Crippen molar-refractivity contribution in [2.75, 3.05) is 20.1 Å². The summed E-state index contributed by atoms with van der Waals surface area (Å²) in [5.74, 6) is -0.833. The molecule has 0 atom stereocenters. The van der Waals surface area contributed by atoms with E-state index in [0.29, 0.717) is 0 Å². The van der Waals surface area contributed by atoms with E-state index < -0.39 is 5.97 Å². The van der Waals surface area contributed by atoms with Crippen molar-refractivity contribution in [3.63, 3.8) is 0 Å². The molecule has 0 aliphatic heterocycles. The molecular weight excluding hydrogens is 154 g/mol. The summed E-state index contributed by atoms with van der Waals surface area (Å²) >= 11 is 0. The Labute approximate surface area is 75.4 Å². The number of rotatable bonds is 4. The van der Waals surface area contributed by atoms with Crippen LogP contribution in [0.15, 0.2) is 0 Å². The van der Waals surface area contributed by atoms with E-state index in [2.05, 4.69) is 25.8 Å². The summed E-state index contributed by atoms with van der Waals surface area (Å²) in [4.78, 5) is 11.4. The van der Waals surface area contributed by atoms with Gasteiger partial charge >= 0.3 is 0 Å². The van der Waals surface area contributed by atoms with Crippen molar-refractivity contribution in [1.29, 1.82) is 0 Å². The second-order valence-electron chi connectivity index (χ2n) is 2.82. The van der Waals surface area contributed by atoms with Crippen LogP contribution in [0.4, 0.5) is 0 Å². The average molecular weight is 175 g/mol. The summed E-state index contributed by atoms with van der Waals surface area (Å²) in [6.45, 7) is 8.00. The molecule has 3 heteroatoms. The van der Waals surface area contributed by atoms with Gasteiger partial charge in [-0.15, -0.1) is 0 Å². The Balaban J connectivity index is 0. The van der Waals surface area contributed by atoms with Gasteiger partial charge < -0.3 is 10.0 Å². The first-order valence-corrected chi connectivity index (χ1v) is 4.42. The molecule has 0 aromatic heterocycles. The summed E-state index contributed by atoms with van der Waals surface area (Å²) < 4.78 is 0. The molecule has 0 spiro atoms. The lowest BCUT2D eigenvalue weighted by molar-refractivity contribution is -0.134. The molecule has 0 bridgehead atoms. The minimum atomic E-state index is -0.833. The summed E-state index contributed by atoms with van der Waals surface area (Å²) in [5, 5.41) is 7.42. The molecule has 1 N–H and O–H groups in total. The van der Waals surface area contributed by atoms with E-state index in [1.54, 1.807) is 0 Å². The van der Waals surface area contributed by atoms with Crippen molar-refractivity contribution in [3.8, 4) is 0 Å². The molecule has 0 aliphatic rings. The number of carboxylic acids is 1. The van der Waals surface area contributed by atoms with Crippen molar-refractivity contribution in [2.24, 2.45) is 0 Å². The van der Waals surface area contributed by atoms with Crippen molar-refractivity contribution in [2.45, 2.75) is 33.6 Å². The fraction of sp³-hybridized carbons (Fsp3) is 0.889. The maximum Gasteiger partial charge on any atom is 0.300 e. The van der Waals surface area contributed by atoms with E-state index in [0.717, 1.165) is 6.92 Å². The van der Waals surface area contributed by atoms with E-state index in [4.69, 9.17) is 9.90 Å². The van der Waals surface area contributed by atoms with Crippen LogP contribution in [-0.2, 0) is 4.79 Å². The van der Waals surface area contributed by atoms with Gasteiger partial charge in [-0.3, -0.25) is 4.79 Å². The number of aliphatic carboxylic acids is 1. The zero-order valence-corrected chi connectivity index (χ0v) is 8.63. The van der Waals surface area contributed by atoms with Gasteiger partial charge in [0.15, 0.2) is 0 Å². The second kappa shape index (κ2) is 10.4. The SMILES string of the molecule is CC(=O)O.CCCN(C)CCC. The molecule has 0 heterocycles. The third-order valence-corrected chi connectivity index (χ3v) is 1.21. The van der Waals surface area contributed by atoms with Crippen LogP contribution in [0.5, 0.6) is 0 Å². The van der Waals surface area contributed by atoms with Crippen molar-refractivity contribution >= 4 is 5.97 Å². The lowest BCUT2D eigenvalue weighted by Gasteiger charge is -2.12. The summed E-state index contributed by atoms with van der Waals surface area (Å²) in [5.41, 5.74) is 0. The molecule has 0 fully saturated rings. The lowest BCUT2D eigenvalue weighted by atomic mass is 10.4.